The molecule has 0 spiro atoms. The van der Waals surface area contributed by atoms with Crippen molar-refractivity contribution in [2.75, 3.05) is 13.2 Å². The summed E-state index contributed by atoms with van der Waals surface area (Å²) in [5.74, 6) is -0.982. The number of carbonyl (C=O) groups is 1. The lowest BCUT2D eigenvalue weighted by Gasteiger charge is -2.09. The van der Waals surface area contributed by atoms with E-state index in [-0.39, 0.29) is 11.5 Å². The van der Waals surface area contributed by atoms with Crippen LogP contribution in [0.5, 0.6) is 11.5 Å². The van der Waals surface area contributed by atoms with E-state index >= 15 is 0 Å². The van der Waals surface area contributed by atoms with Gasteiger partial charge in [-0.3, -0.25) is 4.79 Å². The zero-order chi connectivity index (χ0) is 20.5. The van der Waals surface area contributed by atoms with Crippen molar-refractivity contribution in [2.24, 2.45) is 0 Å². The van der Waals surface area contributed by atoms with Gasteiger partial charge >= 0.3 is 5.97 Å². The zero-order valence-corrected chi connectivity index (χ0v) is 16.8. The Hall–Kier alpha value is -2.44. The maximum atomic E-state index is 12.1. The Bertz CT molecular complexity index is 904. The van der Waals surface area contributed by atoms with Crippen molar-refractivity contribution in [1.82, 2.24) is 0 Å². The summed E-state index contributed by atoms with van der Waals surface area (Å²) in [4.78, 5) is 23.1. The van der Waals surface area contributed by atoms with Crippen LogP contribution in [0.3, 0.4) is 0 Å². The van der Waals surface area contributed by atoms with Crippen molar-refractivity contribution in [3.05, 3.63) is 62.1 Å². The Morgan fingerprint density at radius 1 is 1.11 bits per heavy atom. The lowest BCUT2D eigenvalue weighted by molar-refractivity contribution is 0.0658. The molecule has 0 bridgehead atoms. The number of aromatic carboxylic acids is 1. The van der Waals surface area contributed by atoms with E-state index in [9.17, 15) is 9.59 Å². The van der Waals surface area contributed by atoms with Gasteiger partial charge in [-0.2, -0.15) is 0 Å². The van der Waals surface area contributed by atoms with Crippen molar-refractivity contribution in [3.63, 3.8) is 0 Å². The smallest absolute Gasteiger partial charge is 0.371 e. The highest BCUT2D eigenvalue weighted by Crippen LogP contribution is 2.26. The fourth-order valence-corrected chi connectivity index (χ4v) is 2.61. The van der Waals surface area contributed by atoms with Crippen LogP contribution < -0.4 is 14.9 Å². The summed E-state index contributed by atoms with van der Waals surface area (Å²) in [7, 11) is 0. The number of hydrogen-bond donors (Lipinski definition) is 1. The van der Waals surface area contributed by atoms with Gasteiger partial charge in [0.2, 0.25) is 16.9 Å². The maximum Gasteiger partial charge on any atom is 0.371 e. The molecular formula is C20H20Cl2O6. The Labute approximate surface area is 172 Å². The summed E-state index contributed by atoms with van der Waals surface area (Å²) in [5.41, 5.74) is -0.528. The number of ether oxygens (including phenoxy) is 2. The third-order valence-corrected chi connectivity index (χ3v) is 4.39. The highest BCUT2D eigenvalue weighted by Gasteiger charge is 2.15. The molecule has 1 aromatic heterocycles. The molecule has 0 aliphatic heterocycles. The molecule has 0 aliphatic carbocycles. The first kappa shape index (κ1) is 21.9. The van der Waals surface area contributed by atoms with Gasteiger partial charge < -0.3 is 19.0 Å². The predicted molar refractivity (Wildman–Crippen MR) is 108 cm³/mol. The van der Waals surface area contributed by atoms with Gasteiger partial charge in [-0.1, -0.05) is 29.3 Å². The molecule has 1 heterocycles. The van der Waals surface area contributed by atoms with E-state index in [4.69, 9.17) is 42.2 Å². The molecule has 0 saturated carbocycles. The monoisotopic (exact) mass is 426 g/mol. The normalized spacial score (nSPS) is 11.0. The highest BCUT2D eigenvalue weighted by molar-refractivity contribution is 6.42. The van der Waals surface area contributed by atoms with E-state index in [1.54, 1.807) is 31.2 Å². The predicted octanol–water partition coefficient (Wildman–Crippen LogP) is 5.31. The van der Waals surface area contributed by atoms with Crippen LogP contribution in [-0.4, -0.2) is 24.3 Å². The molecule has 0 unspecified atom stereocenters. The number of benzene rings is 1. The second kappa shape index (κ2) is 10.8. The van der Waals surface area contributed by atoms with E-state index in [0.717, 1.165) is 18.9 Å². The maximum absolute atomic E-state index is 12.1. The van der Waals surface area contributed by atoms with Gasteiger partial charge in [-0.15, -0.1) is 0 Å². The van der Waals surface area contributed by atoms with Gasteiger partial charge in [-0.25, -0.2) is 4.79 Å². The number of unbranched alkanes of at least 4 members (excludes halogenated alkanes) is 2. The molecule has 8 heteroatoms. The first-order valence-corrected chi connectivity index (χ1v) is 9.42. The molecular weight excluding hydrogens is 407 g/mol. The molecule has 0 radical (unpaired) electrons. The minimum Gasteiger partial charge on any atom is -0.494 e. The highest BCUT2D eigenvalue weighted by atomic mass is 35.5. The molecule has 0 saturated heterocycles. The summed E-state index contributed by atoms with van der Waals surface area (Å²) in [6.45, 7) is 2.54. The number of rotatable bonds is 10. The lowest BCUT2D eigenvalue weighted by Crippen LogP contribution is -2.13. The first-order valence-electron chi connectivity index (χ1n) is 8.67. The third-order valence-electron chi connectivity index (χ3n) is 3.65. The van der Waals surface area contributed by atoms with Crippen LogP contribution >= 0.6 is 23.2 Å². The standard InChI is InChI=1S/C20H20Cl2O6/c1-2-6-17-19(16(23)12-18(28-17)20(24)25)27-10-5-3-4-9-26-13-7-8-14(21)15(22)11-13/h2,6-8,11-12H,3-5,9-10H2,1H3,(H,24,25). The van der Waals surface area contributed by atoms with E-state index in [0.29, 0.717) is 35.4 Å². The van der Waals surface area contributed by atoms with Gasteiger partial charge in [-0.05, 0) is 44.4 Å². The van der Waals surface area contributed by atoms with Gasteiger partial charge in [0.1, 0.15) is 5.75 Å². The van der Waals surface area contributed by atoms with E-state index in [1.807, 2.05) is 0 Å². The minimum absolute atomic E-state index is 0.00940. The molecule has 28 heavy (non-hydrogen) atoms. The largest absolute Gasteiger partial charge is 0.494 e. The zero-order valence-electron chi connectivity index (χ0n) is 15.2. The molecule has 0 amide bonds. The summed E-state index contributed by atoms with van der Waals surface area (Å²) >= 11 is 11.8. The Morgan fingerprint density at radius 2 is 1.82 bits per heavy atom. The average Bonchev–Trinajstić information content (AvgIpc) is 2.65. The summed E-state index contributed by atoms with van der Waals surface area (Å²) in [6, 6.07) is 6.00. The van der Waals surface area contributed by atoms with Crippen LogP contribution in [0.4, 0.5) is 0 Å². The Kier molecular flexibility index (Phi) is 8.42. The van der Waals surface area contributed by atoms with Crippen molar-refractivity contribution >= 4 is 35.2 Å². The second-order valence-electron chi connectivity index (χ2n) is 5.81. The number of allylic oxidation sites excluding steroid dienone is 1. The van der Waals surface area contributed by atoms with Crippen LogP contribution in [0.15, 0.2) is 39.6 Å². The average molecular weight is 427 g/mol. The number of hydrogen-bond acceptors (Lipinski definition) is 5. The molecule has 0 atom stereocenters. The topological polar surface area (TPSA) is 86.0 Å². The number of carboxylic acids is 1. The quantitative estimate of drug-likeness (QED) is 0.518. The van der Waals surface area contributed by atoms with Gasteiger partial charge in [0.25, 0.3) is 0 Å². The van der Waals surface area contributed by atoms with Crippen molar-refractivity contribution in [1.29, 1.82) is 0 Å². The molecule has 0 aliphatic rings. The fourth-order valence-electron chi connectivity index (χ4n) is 2.32. The minimum atomic E-state index is -1.31. The Morgan fingerprint density at radius 3 is 2.46 bits per heavy atom. The number of halogens is 2. The Balaban J connectivity index is 1.79. The van der Waals surface area contributed by atoms with Crippen molar-refractivity contribution in [2.45, 2.75) is 26.2 Å². The van der Waals surface area contributed by atoms with E-state index in [2.05, 4.69) is 0 Å². The molecule has 150 valence electrons. The SMILES string of the molecule is CC=Cc1oc(C(=O)O)cc(=O)c1OCCCCCOc1ccc(Cl)c(Cl)c1. The second-order valence-corrected chi connectivity index (χ2v) is 6.62. The molecule has 2 aromatic rings. The molecule has 6 nitrogen and oxygen atoms in total. The lowest BCUT2D eigenvalue weighted by atomic mass is 10.2. The van der Waals surface area contributed by atoms with Gasteiger partial charge in [0, 0.05) is 12.1 Å². The van der Waals surface area contributed by atoms with Crippen LogP contribution in [-0.2, 0) is 0 Å². The van der Waals surface area contributed by atoms with Crippen LogP contribution in [0.1, 0.15) is 42.5 Å². The first-order chi connectivity index (χ1) is 13.4. The summed E-state index contributed by atoms with van der Waals surface area (Å²) < 4.78 is 16.3. The van der Waals surface area contributed by atoms with Crippen molar-refractivity contribution < 1.29 is 23.8 Å². The fraction of sp³-hybridized carbons (Fsp3) is 0.300. The van der Waals surface area contributed by atoms with Gasteiger partial charge in [0.05, 0.1) is 23.3 Å². The molecule has 1 aromatic carbocycles. The van der Waals surface area contributed by atoms with Crippen molar-refractivity contribution in [3.8, 4) is 11.5 Å². The molecule has 2 rings (SSSR count). The van der Waals surface area contributed by atoms with E-state index in [1.165, 1.54) is 6.08 Å². The van der Waals surface area contributed by atoms with Gasteiger partial charge in [0.15, 0.2) is 5.76 Å². The van der Waals surface area contributed by atoms with Crippen LogP contribution in [0.2, 0.25) is 10.0 Å². The molecule has 1 N–H and O–H groups in total. The molecule has 0 fully saturated rings. The summed E-state index contributed by atoms with van der Waals surface area (Å²) in [6.07, 6.45) is 5.43. The van der Waals surface area contributed by atoms with Crippen LogP contribution in [0.25, 0.3) is 6.08 Å². The number of carboxylic acid groups (broad SMARTS) is 1. The van der Waals surface area contributed by atoms with Crippen LogP contribution in [0, 0.1) is 0 Å². The summed E-state index contributed by atoms with van der Waals surface area (Å²) in [5, 5.41) is 9.90. The third kappa shape index (κ3) is 6.32. The van der Waals surface area contributed by atoms with E-state index < -0.39 is 17.2 Å².